The number of carbonyl (C=O) groups is 2. The Morgan fingerprint density at radius 1 is 1.03 bits per heavy atom. The van der Waals surface area contributed by atoms with Gasteiger partial charge in [-0.15, -0.1) is 0 Å². The van der Waals surface area contributed by atoms with Crippen LogP contribution < -0.4 is 5.32 Å². The number of hydrogen-bond donors (Lipinski definition) is 2. The molecule has 2 N–H and O–H groups in total. The summed E-state index contributed by atoms with van der Waals surface area (Å²) in [5, 5.41) is 13.8. The zero-order chi connectivity index (χ0) is 20.3. The number of rotatable bonds is 4. The number of likely N-dealkylation sites (tertiary alicyclic amines) is 1. The number of piperidine rings is 1. The van der Waals surface area contributed by atoms with Gasteiger partial charge in [-0.2, -0.15) is 0 Å². The Balaban J connectivity index is 1.33. The summed E-state index contributed by atoms with van der Waals surface area (Å²) in [5.74, 6) is 0. The highest BCUT2D eigenvalue weighted by molar-refractivity contribution is 5.78. The number of amides is 3. The maximum Gasteiger partial charge on any atom is 0.410 e. The van der Waals surface area contributed by atoms with E-state index in [1.54, 1.807) is 4.90 Å². The van der Waals surface area contributed by atoms with Gasteiger partial charge in [-0.1, -0.05) is 60.7 Å². The number of hydrogen-bond acceptors (Lipinski definition) is 4. The van der Waals surface area contributed by atoms with Gasteiger partial charge < -0.3 is 20.1 Å². The first-order valence-corrected chi connectivity index (χ1v) is 9.84. The van der Waals surface area contributed by atoms with Crippen molar-refractivity contribution in [2.75, 3.05) is 13.1 Å². The molecule has 29 heavy (non-hydrogen) atoms. The molecule has 0 saturated carbocycles. The van der Waals surface area contributed by atoms with E-state index in [1.165, 1.54) is 4.90 Å². The lowest BCUT2D eigenvalue weighted by Crippen LogP contribution is -2.57. The van der Waals surface area contributed by atoms with Gasteiger partial charge >= 0.3 is 12.1 Å². The van der Waals surface area contributed by atoms with Crippen LogP contribution in [0.2, 0.25) is 0 Å². The van der Waals surface area contributed by atoms with Crippen LogP contribution in [-0.4, -0.2) is 51.9 Å². The molecular weight excluding hydrogens is 370 g/mol. The molecule has 7 heteroatoms. The lowest BCUT2D eigenvalue weighted by molar-refractivity contribution is -0.0271. The first kappa shape index (κ1) is 19.3. The third kappa shape index (κ3) is 4.05. The zero-order valence-corrected chi connectivity index (χ0v) is 16.2. The minimum atomic E-state index is -0.933. The van der Waals surface area contributed by atoms with E-state index < -0.39 is 11.8 Å². The van der Waals surface area contributed by atoms with Crippen LogP contribution in [-0.2, 0) is 17.9 Å². The van der Waals surface area contributed by atoms with E-state index in [2.05, 4.69) is 5.32 Å². The summed E-state index contributed by atoms with van der Waals surface area (Å²) in [6.07, 6.45) is -0.349. The maximum absolute atomic E-state index is 12.5. The van der Waals surface area contributed by atoms with Crippen molar-refractivity contribution in [3.63, 3.8) is 0 Å². The molecule has 1 spiro atoms. The first-order chi connectivity index (χ1) is 14.1. The van der Waals surface area contributed by atoms with Crippen LogP contribution in [0, 0.1) is 0 Å². The van der Waals surface area contributed by atoms with E-state index in [1.807, 2.05) is 60.7 Å². The Labute approximate surface area is 169 Å². The minimum absolute atomic E-state index is 0.228. The predicted molar refractivity (Wildman–Crippen MR) is 107 cm³/mol. The Hall–Kier alpha value is -3.06. The van der Waals surface area contributed by atoms with E-state index >= 15 is 0 Å². The van der Waals surface area contributed by atoms with Crippen LogP contribution in [0.3, 0.4) is 0 Å². The van der Waals surface area contributed by atoms with Gasteiger partial charge in [-0.05, 0) is 24.0 Å². The quantitative estimate of drug-likeness (QED) is 0.834. The topological polar surface area (TPSA) is 82.1 Å². The highest BCUT2D eigenvalue weighted by atomic mass is 16.6. The summed E-state index contributed by atoms with van der Waals surface area (Å²) < 4.78 is 5.39. The van der Waals surface area contributed by atoms with E-state index in [0.717, 1.165) is 11.1 Å². The Kier molecular flexibility index (Phi) is 5.40. The molecule has 4 rings (SSSR count). The Bertz CT molecular complexity index is 851. The standard InChI is InChI=1S/C22H25N3O4/c26-19-22(23-20(27)25(19)15-17-7-3-1-4-8-17)11-13-24(14-12-22)21(28)29-16-18-9-5-2-6-10-18/h1-10,19,26H,11-16H2,(H,23,27). The van der Waals surface area contributed by atoms with E-state index in [9.17, 15) is 14.7 Å². The van der Waals surface area contributed by atoms with Gasteiger partial charge in [0.25, 0.3) is 0 Å². The number of benzene rings is 2. The first-order valence-electron chi connectivity index (χ1n) is 9.84. The minimum Gasteiger partial charge on any atom is -0.445 e. The van der Waals surface area contributed by atoms with Gasteiger partial charge in [0.1, 0.15) is 6.61 Å². The van der Waals surface area contributed by atoms with Gasteiger partial charge in [0.15, 0.2) is 6.23 Å². The molecule has 2 heterocycles. The van der Waals surface area contributed by atoms with Gasteiger partial charge in [0.05, 0.1) is 12.1 Å². The SMILES string of the molecule is O=C(OCc1ccccc1)N1CCC2(CC1)NC(=O)N(Cc1ccccc1)C2O. The summed E-state index contributed by atoms with van der Waals surface area (Å²) in [4.78, 5) is 27.9. The second-order valence-corrected chi connectivity index (χ2v) is 7.60. The van der Waals surface area contributed by atoms with Crippen molar-refractivity contribution < 1.29 is 19.4 Å². The van der Waals surface area contributed by atoms with Crippen molar-refractivity contribution in [1.29, 1.82) is 0 Å². The molecule has 2 aromatic carbocycles. The molecule has 0 aromatic heterocycles. The molecule has 1 unspecified atom stereocenters. The van der Waals surface area contributed by atoms with Crippen molar-refractivity contribution in [2.45, 2.75) is 37.8 Å². The number of ether oxygens (including phenoxy) is 1. The van der Waals surface area contributed by atoms with Crippen LogP contribution in [0.5, 0.6) is 0 Å². The monoisotopic (exact) mass is 395 g/mol. The molecule has 0 radical (unpaired) electrons. The van der Waals surface area contributed by atoms with Crippen molar-refractivity contribution in [1.82, 2.24) is 15.1 Å². The molecule has 3 amide bonds. The number of urea groups is 1. The molecular formula is C22H25N3O4. The summed E-state index contributed by atoms with van der Waals surface area (Å²) in [6.45, 7) is 1.41. The number of nitrogens with one attached hydrogen (secondary N) is 1. The fourth-order valence-corrected chi connectivity index (χ4v) is 3.98. The molecule has 152 valence electrons. The van der Waals surface area contributed by atoms with Gasteiger partial charge in [0, 0.05) is 13.1 Å². The Morgan fingerprint density at radius 3 is 2.24 bits per heavy atom. The average molecular weight is 395 g/mol. The van der Waals surface area contributed by atoms with Gasteiger partial charge in [0.2, 0.25) is 0 Å². The van der Waals surface area contributed by atoms with Gasteiger partial charge in [-0.25, -0.2) is 9.59 Å². The second-order valence-electron chi connectivity index (χ2n) is 7.60. The fourth-order valence-electron chi connectivity index (χ4n) is 3.98. The zero-order valence-electron chi connectivity index (χ0n) is 16.2. The predicted octanol–water partition coefficient (Wildman–Crippen LogP) is 2.70. The molecule has 2 aromatic rings. The highest BCUT2D eigenvalue weighted by Gasteiger charge is 2.52. The van der Waals surface area contributed by atoms with Crippen molar-refractivity contribution in [2.24, 2.45) is 0 Å². The lowest BCUT2D eigenvalue weighted by Gasteiger charge is -2.40. The maximum atomic E-state index is 12.5. The third-order valence-electron chi connectivity index (χ3n) is 5.72. The molecule has 2 saturated heterocycles. The van der Waals surface area contributed by atoms with Crippen LogP contribution in [0.1, 0.15) is 24.0 Å². The molecule has 0 aliphatic carbocycles. The van der Waals surface area contributed by atoms with Crippen LogP contribution >= 0.6 is 0 Å². The summed E-state index contributed by atoms with van der Waals surface area (Å²) >= 11 is 0. The number of nitrogens with zero attached hydrogens (tertiary/aromatic N) is 2. The fraction of sp³-hybridized carbons (Fsp3) is 0.364. The molecule has 1 atom stereocenters. The number of carbonyl (C=O) groups excluding carboxylic acids is 2. The normalized spacial score (nSPS) is 20.6. The lowest BCUT2D eigenvalue weighted by atomic mass is 9.86. The highest BCUT2D eigenvalue weighted by Crippen LogP contribution is 2.33. The van der Waals surface area contributed by atoms with Gasteiger partial charge in [-0.3, -0.25) is 4.90 Å². The smallest absolute Gasteiger partial charge is 0.410 e. The van der Waals surface area contributed by atoms with E-state index in [4.69, 9.17) is 4.74 Å². The number of aliphatic hydroxyl groups excluding tert-OH is 1. The van der Waals surface area contributed by atoms with Crippen LogP contribution in [0.25, 0.3) is 0 Å². The summed E-state index contributed by atoms with van der Waals surface area (Å²) in [5.41, 5.74) is 1.16. The average Bonchev–Trinajstić information content (AvgIpc) is 2.98. The third-order valence-corrected chi connectivity index (χ3v) is 5.72. The molecule has 2 aliphatic heterocycles. The number of aliphatic hydroxyl groups is 1. The summed E-state index contributed by atoms with van der Waals surface area (Å²) in [7, 11) is 0. The van der Waals surface area contributed by atoms with Crippen molar-refractivity contribution >= 4 is 12.1 Å². The largest absolute Gasteiger partial charge is 0.445 e. The van der Waals surface area contributed by atoms with Crippen molar-refractivity contribution in [3.8, 4) is 0 Å². The van der Waals surface area contributed by atoms with E-state index in [0.29, 0.717) is 32.5 Å². The van der Waals surface area contributed by atoms with Crippen LogP contribution in [0.15, 0.2) is 60.7 Å². The summed E-state index contributed by atoms with van der Waals surface area (Å²) in [6, 6.07) is 18.8. The second kappa shape index (κ2) is 8.13. The Morgan fingerprint density at radius 2 is 1.62 bits per heavy atom. The van der Waals surface area contributed by atoms with Crippen molar-refractivity contribution in [3.05, 3.63) is 71.8 Å². The van der Waals surface area contributed by atoms with E-state index in [-0.39, 0.29) is 18.7 Å². The molecule has 2 aliphatic rings. The molecule has 0 bridgehead atoms. The molecule has 7 nitrogen and oxygen atoms in total. The molecule has 2 fully saturated rings. The van der Waals surface area contributed by atoms with Crippen LogP contribution in [0.4, 0.5) is 9.59 Å².